The minimum absolute atomic E-state index is 0.0996. The zero-order chi connectivity index (χ0) is 14.3. The molecule has 0 aromatic heterocycles. The van der Waals surface area contributed by atoms with Gasteiger partial charge in [-0.05, 0) is 17.7 Å². The van der Waals surface area contributed by atoms with Crippen LogP contribution in [-0.2, 0) is 16.1 Å². The quantitative estimate of drug-likeness (QED) is 0.753. The largest absolute Gasteiger partial charge is 0.480 e. The van der Waals surface area contributed by atoms with E-state index in [-0.39, 0.29) is 19.0 Å². The Bertz CT molecular complexity index is 488. The van der Waals surface area contributed by atoms with Crippen LogP contribution in [0.15, 0.2) is 24.3 Å². The standard InChI is InChI=1S/C14H16N2O3/c1-3-8-16(10-14(18)19)9-12-4-6-13(7-5-12)15-11(2)17/h1,4-7H,8-10H2,2H3,(H,15,17)(H,18,19). The number of rotatable bonds is 6. The van der Waals surface area contributed by atoms with Gasteiger partial charge in [0.25, 0.3) is 0 Å². The smallest absolute Gasteiger partial charge is 0.317 e. The van der Waals surface area contributed by atoms with Gasteiger partial charge in [0.1, 0.15) is 0 Å². The first kappa shape index (κ1) is 14.7. The fourth-order valence-electron chi connectivity index (χ4n) is 1.64. The van der Waals surface area contributed by atoms with Gasteiger partial charge in [-0.25, -0.2) is 0 Å². The maximum atomic E-state index is 10.9. The average molecular weight is 260 g/mol. The molecule has 100 valence electrons. The summed E-state index contributed by atoms with van der Waals surface area (Å²) in [5.74, 6) is 1.39. The van der Waals surface area contributed by atoms with Crippen LogP contribution < -0.4 is 5.32 Å². The molecule has 0 aliphatic heterocycles. The van der Waals surface area contributed by atoms with Crippen LogP contribution in [0.4, 0.5) is 5.69 Å². The number of hydrogen-bond acceptors (Lipinski definition) is 3. The molecule has 1 aromatic carbocycles. The van der Waals surface area contributed by atoms with Gasteiger partial charge in [-0.3, -0.25) is 14.5 Å². The summed E-state index contributed by atoms with van der Waals surface area (Å²) in [5, 5.41) is 11.4. The van der Waals surface area contributed by atoms with E-state index in [2.05, 4.69) is 11.2 Å². The number of nitrogens with one attached hydrogen (secondary N) is 1. The lowest BCUT2D eigenvalue weighted by molar-refractivity contribution is -0.138. The second kappa shape index (κ2) is 7.19. The molecule has 0 spiro atoms. The molecule has 0 aliphatic rings. The lowest BCUT2D eigenvalue weighted by Crippen LogP contribution is -2.29. The molecule has 0 unspecified atom stereocenters. The van der Waals surface area contributed by atoms with Crippen LogP contribution in [0.25, 0.3) is 0 Å². The average Bonchev–Trinajstić information content (AvgIpc) is 2.30. The summed E-state index contributed by atoms with van der Waals surface area (Å²) in [6.45, 7) is 2.07. The molecule has 0 bridgehead atoms. The third kappa shape index (κ3) is 5.70. The summed E-state index contributed by atoms with van der Waals surface area (Å²) in [5.41, 5.74) is 1.64. The number of terminal acetylenes is 1. The molecule has 0 saturated carbocycles. The Morgan fingerprint density at radius 3 is 2.47 bits per heavy atom. The van der Waals surface area contributed by atoms with E-state index in [9.17, 15) is 9.59 Å². The number of anilines is 1. The molecule has 0 radical (unpaired) electrons. The van der Waals surface area contributed by atoms with Crippen LogP contribution in [0.2, 0.25) is 0 Å². The number of benzene rings is 1. The SMILES string of the molecule is C#CCN(CC(=O)O)Cc1ccc(NC(C)=O)cc1. The number of carbonyl (C=O) groups excluding carboxylic acids is 1. The second-order valence-electron chi connectivity index (χ2n) is 4.12. The zero-order valence-electron chi connectivity index (χ0n) is 10.7. The molecule has 5 nitrogen and oxygen atoms in total. The van der Waals surface area contributed by atoms with Gasteiger partial charge >= 0.3 is 5.97 Å². The first-order valence-electron chi connectivity index (χ1n) is 5.75. The van der Waals surface area contributed by atoms with E-state index >= 15 is 0 Å². The first-order chi connectivity index (χ1) is 9.01. The molecular weight excluding hydrogens is 244 g/mol. The van der Waals surface area contributed by atoms with Crippen molar-refractivity contribution in [3.8, 4) is 12.3 Å². The Labute approximate surface area is 112 Å². The van der Waals surface area contributed by atoms with Crippen molar-refractivity contribution in [1.29, 1.82) is 0 Å². The fraction of sp³-hybridized carbons (Fsp3) is 0.286. The Balaban J connectivity index is 2.66. The molecule has 0 aliphatic carbocycles. The van der Waals surface area contributed by atoms with E-state index in [4.69, 9.17) is 11.5 Å². The highest BCUT2D eigenvalue weighted by Gasteiger charge is 2.09. The molecule has 2 N–H and O–H groups in total. The van der Waals surface area contributed by atoms with Crippen LogP contribution in [0, 0.1) is 12.3 Å². The minimum atomic E-state index is -0.912. The topological polar surface area (TPSA) is 69.6 Å². The van der Waals surface area contributed by atoms with Crippen molar-refractivity contribution in [2.75, 3.05) is 18.4 Å². The molecule has 0 fully saturated rings. The molecule has 0 saturated heterocycles. The molecule has 0 atom stereocenters. The summed E-state index contributed by atoms with van der Waals surface area (Å²) >= 11 is 0. The van der Waals surface area contributed by atoms with Crippen LogP contribution >= 0.6 is 0 Å². The Kier molecular flexibility index (Phi) is 5.58. The molecule has 5 heteroatoms. The third-order valence-electron chi connectivity index (χ3n) is 2.35. The Morgan fingerprint density at radius 2 is 2.00 bits per heavy atom. The van der Waals surface area contributed by atoms with E-state index in [0.717, 1.165) is 5.56 Å². The summed E-state index contributed by atoms with van der Waals surface area (Å²) in [6.07, 6.45) is 5.21. The second-order valence-corrected chi connectivity index (χ2v) is 4.12. The van der Waals surface area contributed by atoms with E-state index < -0.39 is 5.97 Å². The van der Waals surface area contributed by atoms with Crippen molar-refractivity contribution in [1.82, 2.24) is 4.90 Å². The van der Waals surface area contributed by atoms with Gasteiger partial charge in [0.15, 0.2) is 0 Å². The van der Waals surface area contributed by atoms with Gasteiger partial charge in [-0.15, -0.1) is 6.42 Å². The van der Waals surface area contributed by atoms with Crippen molar-refractivity contribution in [2.45, 2.75) is 13.5 Å². The van der Waals surface area contributed by atoms with Crippen LogP contribution in [0.3, 0.4) is 0 Å². The number of carbonyl (C=O) groups is 2. The molecule has 1 rings (SSSR count). The van der Waals surface area contributed by atoms with E-state index in [1.165, 1.54) is 6.92 Å². The minimum Gasteiger partial charge on any atom is -0.480 e. The number of carboxylic acids is 1. The van der Waals surface area contributed by atoms with Crippen LogP contribution in [0.5, 0.6) is 0 Å². The first-order valence-corrected chi connectivity index (χ1v) is 5.75. The summed E-state index contributed by atoms with van der Waals surface area (Å²) in [4.78, 5) is 23.2. The maximum absolute atomic E-state index is 10.9. The van der Waals surface area contributed by atoms with E-state index in [1.807, 2.05) is 12.1 Å². The fourth-order valence-corrected chi connectivity index (χ4v) is 1.64. The third-order valence-corrected chi connectivity index (χ3v) is 2.35. The van der Waals surface area contributed by atoms with Crippen molar-refractivity contribution in [2.24, 2.45) is 0 Å². The van der Waals surface area contributed by atoms with Gasteiger partial charge in [0.2, 0.25) is 5.91 Å². The summed E-state index contributed by atoms with van der Waals surface area (Å²) < 4.78 is 0. The predicted molar refractivity (Wildman–Crippen MR) is 72.5 cm³/mol. The van der Waals surface area contributed by atoms with Gasteiger partial charge in [-0.2, -0.15) is 0 Å². The van der Waals surface area contributed by atoms with E-state index in [1.54, 1.807) is 17.0 Å². The van der Waals surface area contributed by atoms with Gasteiger partial charge in [0.05, 0.1) is 13.1 Å². The van der Waals surface area contributed by atoms with E-state index in [0.29, 0.717) is 12.2 Å². The van der Waals surface area contributed by atoms with Crippen LogP contribution in [0.1, 0.15) is 12.5 Å². The summed E-state index contributed by atoms with van der Waals surface area (Å²) in [6, 6.07) is 7.20. The normalized spacial score (nSPS) is 9.95. The van der Waals surface area contributed by atoms with Crippen molar-refractivity contribution >= 4 is 17.6 Å². The molecular formula is C14H16N2O3. The number of amides is 1. The monoisotopic (exact) mass is 260 g/mol. The van der Waals surface area contributed by atoms with Gasteiger partial charge < -0.3 is 10.4 Å². The van der Waals surface area contributed by atoms with Gasteiger partial charge in [0, 0.05) is 19.2 Å². The molecule has 0 heterocycles. The van der Waals surface area contributed by atoms with Crippen molar-refractivity contribution in [3.63, 3.8) is 0 Å². The molecule has 19 heavy (non-hydrogen) atoms. The highest BCUT2D eigenvalue weighted by atomic mass is 16.4. The zero-order valence-corrected chi connectivity index (χ0v) is 10.7. The van der Waals surface area contributed by atoms with Crippen molar-refractivity contribution < 1.29 is 14.7 Å². The lowest BCUT2D eigenvalue weighted by atomic mass is 10.2. The summed E-state index contributed by atoms with van der Waals surface area (Å²) in [7, 11) is 0. The molecule has 1 amide bonds. The molecule has 1 aromatic rings. The number of nitrogens with zero attached hydrogens (tertiary/aromatic N) is 1. The van der Waals surface area contributed by atoms with Gasteiger partial charge in [-0.1, -0.05) is 18.1 Å². The number of hydrogen-bond donors (Lipinski definition) is 2. The highest BCUT2D eigenvalue weighted by molar-refractivity contribution is 5.88. The predicted octanol–water partition coefficient (Wildman–Crippen LogP) is 1.16. The number of carboxylic acid groups (broad SMARTS) is 1. The Morgan fingerprint density at radius 1 is 1.37 bits per heavy atom. The van der Waals surface area contributed by atoms with Crippen LogP contribution in [-0.4, -0.2) is 35.0 Å². The van der Waals surface area contributed by atoms with Crippen molar-refractivity contribution in [3.05, 3.63) is 29.8 Å². The lowest BCUT2D eigenvalue weighted by Gasteiger charge is -2.17. The number of aliphatic carboxylic acids is 1. The highest BCUT2D eigenvalue weighted by Crippen LogP contribution is 2.11. The Hall–Kier alpha value is -2.32. The maximum Gasteiger partial charge on any atom is 0.317 e.